The van der Waals surface area contributed by atoms with Gasteiger partial charge in [0.05, 0.1) is 6.04 Å². The van der Waals surface area contributed by atoms with E-state index in [-0.39, 0.29) is 30.5 Å². The van der Waals surface area contributed by atoms with Crippen molar-refractivity contribution in [3.8, 4) is 0 Å². The van der Waals surface area contributed by atoms with E-state index in [0.29, 0.717) is 13.0 Å². The van der Waals surface area contributed by atoms with E-state index in [4.69, 9.17) is 0 Å². The summed E-state index contributed by atoms with van der Waals surface area (Å²) in [5.74, 6) is -0.263. The highest BCUT2D eigenvalue weighted by Crippen LogP contribution is 2.21. The van der Waals surface area contributed by atoms with Crippen molar-refractivity contribution in [2.75, 3.05) is 33.8 Å². The molecule has 24 heavy (non-hydrogen) atoms. The molecule has 0 aliphatic carbocycles. The Kier molecular flexibility index (Phi) is 6.99. The Morgan fingerprint density at radius 2 is 2.08 bits per heavy atom. The number of hydrogen-bond donors (Lipinski definition) is 2. The molecule has 0 saturated carbocycles. The van der Waals surface area contributed by atoms with Gasteiger partial charge in [0.1, 0.15) is 5.82 Å². The molecule has 134 valence electrons. The first-order valence-electron chi connectivity index (χ1n) is 8.60. The Morgan fingerprint density at radius 1 is 1.38 bits per heavy atom. The number of likely N-dealkylation sites (N-methyl/N-ethyl adjacent to an activating group) is 1. The second-order valence-electron chi connectivity index (χ2n) is 6.57. The summed E-state index contributed by atoms with van der Waals surface area (Å²) >= 11 is 0. The van der Waals surface area contributed by atoms with Crippen molar-refractivity contribution >= 4 is 6.03 Å². The van der Waals surface area contributed by atoms with Gasteiger partial charge < -0.3 is 20.2 Å². The molecule has 1 fully saturated rings. The minimum absolute atomic E-state index is 0.0179. The number of nitrogens with one attached hydrogen (secondary N) is 1. The van der Waals surface area contributed by atoms with Gasteiger partial charge in [0.2, 0.25) is 0 Å². The van der Waals surface area contributed by atoms with E-state index >= 15 is 0 Å². The molecule has 2 rings (SSSR count). The van der Waals surface area contributed by atoms with Crippen LogP contribution >= 0.6 is 0 Å². The van der Waals surface area contributed by atoms with E-state index < -0.39 is 0 Å². The number of piperidine rings is 1. The predicted molar refractivity (Wildman–Crippen MR) is 92.3 cm³/mol. The molecule has 1 aromatic rings. The summed E-state index contributed by atoms with van der Waals surface area (Å²) in [5.41, 5.74) is 0.965. The zero-order chi connectivity index (χ0) is 17.5. The van der Waals surface area contributed by atoms with Crippen molar-refractivity contribution < 1.29 is 14.3 Å². The van der Waals surface area contributed by atoms with Crippen LogP contribution in [0, 0.1) is 5.82 Å². The van der Waals surface area contributed by atoms with Crippen LogP contribution in [0.4, 0.5) is 9.18 Å². The summed E-state index contributed by atoms with van der Waals surface area (Å²) in [5, 5.41) is 12.2. The summed E-state index contributed by atoms with van der Waals surface area (Å²) in [6, 6.07) is 6.40. The molecule has 1 heterocycles. The van der Waals surface area contributed by atoms with Gasteiger partial charge in [0.25, 0.3) is 0 Å². The third-order valence-corrected chi connectivity index (χ3v) is 4.68. The number of likely N-dealkylation sites (tertiary alicyclic amines) is 1. The molecule has 1 aliphatic heterocycles. The number of nitrogens with zero attached hydrogens (tertiary/aromatic N) is 2. The highest BCUT2D eigenvalue weighted by molar-refractivity contribution is 5.74. The van der Waals surface area contributed by atoms with E-state index in [1.807, 2.05) is 23.9 Å². The standard InChI is InChI=1S/C18H28FN3O2/c1-21(2)17(14-6-8-15(19)9-7-14)13-20-18(24)22-11-4-3-5-16(22)10-12-23/h6-9,16-17,23H,3-5,10-13H2,1-2H3,(H,20,24). The van der Waals surface area contributed by atoms with Gasteiger partial charge in [-0.1, -0.05) is 12.1 Å². The maximum atomic E-state index is 13.1. The average Bonchev–Trinajstić information content (AvgIpc) is 2.57. The van der Waals surface area contributed by atoms with E-state index in [1.165, 1.54) is 12.1 Å². The van der Waals surface area contributed by atoms with Crippen LogP contribution in [-0.4, -0.2) is 60.8 Å². The molecule has 0 spiro atoms. The Balaban J connectivity index is 1.97. The number of amides is 2. The number of halogens is 1. The van der Waals surface area contributed by atoms with Crippen molar-refractivity contribution in [2.24, 2.45) is 0 Å². The quantitative estimate of drug-likeness (QED) is 0.838. The van der Waals surface area contributed by atoms with Gasteiger partial charge in [-0.2, -0.15) is 0 Å². The third-order valence-electron chi connectivity index (χ3n) is 4.68. The Hall–Kier alpha value is -1.66. The fourth-order valence-electron chi connectivity index (χ4n) is 3.29. The Morgan fingerprint density at radius 3 is 2.71 bits per heavy atom. The molecule has 0 radical (unpaired) electrons. The van der Waals surface area contributed by atoms with E-state index in [2.05, 4.69) is 5.32 Å². The number of benzene rings is 1. The molecule has 2 N–H and O–H groups in total. The number of urea groups is 1. The summed E-state index contributed by atoms with van der Waals surface area (Å²) in [6.45, 7) is 1.30. The van der Waals surface area contributed by atoms with E-state index in [9.17, 15) is 14.3 Å². The first-order chi connectivity index (χ1) is 11.5. The minimum Gasteiger partial charge on any atom is -0.396 e. The lowest BCUT2D eigenvalue weighted by Crippen LogP contribution is -2.50. The molecule has 6 heteroatoms. The van der Waals surface area contributed by atoms with Gasteiger partial charge in [0, 0.05) is 25.7 Å². The summed E-state index contributed by atoms with van der Waals surface area (Å²) in [7, 11) is 3.88. The lowest BCUT2D eigenvalue weighted by molar-refractivity contribution is 0.130. The van der Waals surface area contributed by atoms with Crippen LogP contribution in [0.1, 0.15) is 37.3 Å². The molecular formula is C18H28FN3O2. The smallest absolute Gasteiger partial charge is 0.317 e. The number of rotatable bonds is 6. The largest absolute Gasteiger partial charge is 0.396 e. The fourth-order valence-corrected chi connectivity index (χ4v) is 3.29. The van der Waals surface area contributed by atoms with Crippen LogP contribution in [-0.2, 0) is 0 Å². The second-order valence-corrected chi connectivity index (χ2v) is 6.57. The zero-order valence-electron chi connectivity index (χ0n) is 14.5. The summed E-state index contributed by atoms with van der Waals surface area (Å²) < 4.78 is 13.1. The first-order valence-corrected chi connectivity index (χ1v) is 8.60. The number of hydrogen-bond acceptors (Lipinski definition) is 3. The molecule has 1 saturated heterocycles. The molecule has 2 amide bonds. The highest BCUT2D eigenvalue weighted by Gasteiger charge is 2.26. The maximum Gasteiger partial charge on any atom is 0.317 e. The van der Waals surface area contributed by atoms with Crippen LogP contribution in [0.3, 0.4) is 0 Å². The molecular weight excluding hydrogens is 309 g/mol. The van der Waals surface area contributed by atoms with Crippen LogP contribution in [0.5, 0.6) is 0 Å². The van der Waals surface area contributed by atoms with Gasteiger partial charge in [-0.3, -0.25) is 0 Å². The number of carbonyl (C=O) groups excluding carboxylic acids is 1. The van der Waals surface area contributed by atoms with Crippen LogP contribution in [0.15, 0.2) is 24.3 Å². The molecule has 2 unspecified atom stereocenters. The van der Waals surface area contributed by atoms with Crippen molar-refractivity contribution in [1.82, 2.24) is 15.1 Å². The van der Waals surface area contributed by atoms with E-state index in [1.54, 1.807) is 12.1 Å². The summed E-state index contributed by atoms with van der Waals surface area (Å²) in [4.78, 5) is 16.4. The normalized spacial score (nSPS) is 19.4. The molecule has 1 aromatic carbocycles. The summed E-state index contributed by atoms with van der Waals surface area (Å²) in [6.07, 6.45) is 3.68. The number of aliphatic hydroxyl groups excluding tert-OH is 1. The number of aliphatic hydroxyl groups is 1. The zero-order valence-corrected chi connectivity index (χ0v) is 14.5. The molecule has 5 nitrogen and oxygen atoms in total. The van der Waals surface area contributed by atoms with Crippen molar-refractivity contribution in [3.63, 3.8) is 0 Å². The monoisotopic (exact) mass is 337 g/mol. The molecule has 0 bridgehead atoms. The van der Waals surface area contributed by atoms with Gasteiger partial charge in [-0.25, -0.2) is 9.18 Å². The van der Waals surface area contributed by atoms with Crippen LogP contribution in [0.2, 0.25) is 0 Å². The van der Waals surface area contributed by atoms with Crippen LogP contribution in [0.25, 0.3) is 0 Å². The predicted octanol–water partition coefficient (Wildman–Crippen LogP) is 2.37. The number of carbonyl (C=O) groups is 1. The lowest BCUT2D eigenvalue weighted by Gasteiger charge is -2.36. The fraction of sp³-hybridized carbons (Fsp3) is 0.611. The van der Waals surface area contributed by atoms with Crippen LogP contribution < -0.4 is 5.32 Å². The first kappa shape index (κ1) is 18.7. The second kappa shape index (κ2) is 8.99. The van der Waals surface area contributed by atoms with Gasteiger partial charge >= 0.3 is 6.03 Å². The highest BCUT2D eigenvalue weighted by atomic mass is 19.1. The van der Waals surface area contributed by atoms with Gasteiger partial charge in [-0.05, 0) is 57.5 Å². The topological polar surface area (TPSA) is 55.8 Å². The Labute approximate surface area is 143 Å². The third kappa shape index (κ3) is 4.92. The van der Waals surface area contributed by atoms with Gasteiger partial charge in [0.15, 0.2) is 0 Å². The van der Waals surface area contributed by atoms with Gasteiger partial charge in [-0.15, -0.1) is 0 Å². The van der Waals surface area contributed by atoms with Crippen molar-refractivity contribution in [2.45, 2.75) is 37.8 Å². The maximum absolute atomic E-state index is 13.1. The minimum atomic E-state index is -0.263. The Bertz CT molecular complexity index is 520. The molecule has 0 aromatic heterocycles. The van der Waals surface area contributed by atoms with Crippen molar-refractivity contribution in [3.05, 3.63) is 35.6 Å². The lowest BCUT2D eigenvalue weighted by atomic mass is 10.00. The van der Waals surface area contributed by atoms with E-state index in [0.717, 1.165) is 31.4 Å². The average molecular weight is 337 g/mol. The van der Waals surface area contributed by atoms with Crippen molar-refractivity contribution in [1.29, 1.82) is 0 Å². The SMILES string of the molecule is CN(C)C(CNC(=O)N1CCCCC1CCO)c1ccc(F)cc1. The molecule has 1 aliphatic rings. The molecule has 2 atom stereocenters.